The summed E-state index contributed by atoms with van der Waals surface area (Å²) in [4.78, 5) is 10.7. The zero-order valence-electron chi connectivity index (χ0n) is 11.6. The standard InChI is InChI=1S/C13H20N2O4S/c1-9-6-7-10(19-2)11(8-9)20(17,18)13(15)5-3-4-12(14)16/h6-8,13H,3-5,15H2,1-2H3,(H2,14,16). The number of rotatable bonds is 7. The highest BCUT2D eigenvalue weighted by Crippen LogP contribution is 2.28. The van der Waals surface area contributed by atoms with Crippen LogP contribution < -0.4 is 16.2 Å². The van der Waals surface area contributed by atoms with Crippen LogP contribution in [0.3, 0.4) is 0 Å². The Morgan fingerprint density at radius 3 is 2.60 bits per heavy atom. The van der Waals surface area contributed by atoms with Crippen molar-refractivity contribution in [1.29, 1.82) is 0 Å². The highest BCUT2D eigenvalue weighted by atomic mass is 32.2. The van der Waals surface area contributed by atoms with Crippen LogP contribution in [0.5, 0.6) is 5.75 Å². The zero-order valence-corrected chi connectivity index (χ0v) is 12.4. The van der Waals surface area contributed by atoms with Gasteiger partial charge in [-0.25, -0.2) is 8.42 Å². The number of hydrogen-bond acceptors (Lipinski definition) is 5. The van der Waals surface area contributed by atoms with Gasteiger partial charge in [-0.3, -0.25) is 4.79 Å². The van der Waals surface area contributed by atoms with Gasteiger partial charge in [0.15, 0.2) is 9.84 Å². The molecular formula is C13H20N2O4S. The molecule has 1 unspecified atom stereocenters. The number of benzene rings is 1. The van der Waals surface area contributed by atoms with Gasteiger partial charge in [-0.2, -0.15) is 0 Å². The Hall–Kier alpha value is -1.60. The largest absolute Gasteiger partial charge is 0.495 e. The fourth-order valence-electron chi connectivity index (χ4n) is 1.80. The zero-order chi connectivity index (χ0) is 15.3. The average molecular weight is 300 g/mol. The third-order valence-electron chi connectivity index (χ3n) is 2.94. The van der Waals surface area contributed by atoms with E-state index in [0.29, 0.717) is 6.42 Å². The van der Waals surface area contributed by atoms with Gasteiger partial charge in [-0.1, -0.05) is 6.07 Å². The number of nitrogens with two attached hydrogens (primary N) is 2. The van der Waals surface area contributed by atoms with Crippen molar-refractivity contribution in [2.45, 2.75) is 36.5 Å². The summed E-state index contributed by atoms with van der Waals surface area (Å²) in [5.41, 5.74) is 11.6. The number of carbonyl (C=O) groups excluding carboxylic acids is 1. The lowest BCUT2D eigenvalue weighted by molar-refractivity contribution is -0.118. The van der Waals surface area contributed by atoms with Gasteiger partial charge in [0.1, 0.15) is 16.0 Å². The molecule has 0 aromatic heterocycles. The normalized spacial score (nSPS) is 12.9. The Labute approximate surface area is 119 Å². The summed E-state index contributed by atoms with van der Waals surface area (Å²) in [5, 5.41) is -1.09. The maximum atomic E-state index is 12.4. The predicted molar refractivity (Wildman–Crippen MR) is 75.9 cm³/mol. The lowest BCUT2D eigenvalue weighted by atomic mass is 10.2. The van der Waals surface area contributed by atoms with Crippen molar-refractivity contribution in [2.24, 2.45) is 11.5 Å². The van der Waals surface area contributed by atoms with Crippen molar-refractivity contribution < 1.29 is 17.9 Å². The van der Waals surface area contributed by atoms with Crippen LogP contribution in [0, 0.1) is 6.92 Å². The van der Waals surface area contributed by atoms with E-state index in [4.69, 9.17) is 16.2 Å². The first-order valence-electron chi connectivity index (χ1n) is 6.21. The van der Waals surface area contributed by atoms with E-state index in [0.717, 1.165) is 5.56 Å². The van der Waals surface area contributed by atoms with Crippen molar-refractivity contribution in [3.05, 3.63) is 23.8 Å². The van der Waals surface area contributed by atoms with Crippen LogP contribution in [0.2, 0.25) is 0 Å². The van der Waals surface area contributed by atoms with Crippen molar-refractivity contribution in [2.75, 3.05) is 7.11 Å². The van der Waals surface area contributed by atoms with Crippen molar-refractivity contribution in [3.8, 4) is 5.75 Å². The molecule has 6 nitrogen and oxygen atoms in total. The molecule has 0 heterocycles. The summed E-state index contributed by atoms with van der Waals surface area (Å²) < 4.78 is 29.9. The van der Waals surface area contributed by atoms with E-state index in [1.165, 1.54) is 13.2 Å². The molecule has 0 bridgehead atoms. The predicted octanol–water partition coefficient (Wildman–Crippen LogP) is 0.718. The molecule has 0 aliphatic rings. The minimum atomic E-state index is -3.70. The molecule has 1 aromatic carbocycles. The Kier molecular flexibility index (Phi) is 5.52. The van der Waals surface area contributed by atoms with E-state index in [1.54, 1.807) is 19.1 Å². The second-order valence-corrected chi connectivity index (χ2v) is 6.73. The summed E-state index contributed by atoms with van der Waals surface area (Å²) in [6.45, 7) is 1.79. The SMILES string of the molecule is COc1ccc(C)cc1S(=O)(=O)C(N)CCCC(N)=O. The minimum Gasteiger partial charge on any atom is -0.495 e. The van der Waals surface area contributed by atoms with Gasteiger partial charge in [0, 0.05) is 6.42 Å². The van der Waals surface area contributed by atoms with Gasteiger partial charge in [-0.05, 0) is 37.5 Å². The topological polar surface area (TPSA) is 112 Å². The Bertz CT molecular complexity index is 584. The van der Waals surface area contributed by atoms with Gasteiger partial charge in [0.25, 0.3) is 0 Å². The fraction of sp³-hybridized carbons (Fsp3) is 0.462. The van der Waals surface area contributed by atoms with Crippen LogP contribution in [0.15, 0.2) is 23.1 Å². The molecule has 1 aromatic rings. The lowest BCUT2D eigenvalue weighted by Gasteiger charge is -2.15. The van der Waals surface area contributed by atoms with Gasteiger partial charge in [0.05, 0.1) is 7.11 Å². The van der Waals surface area contributed by atoms with Crippen LogP contribution in [-0.4, -0.2) is 26.8 Å². The van der Waals surface area contributed by atoms with Crippen LogP contribution >= 0.6 is 0 Å². The van der Waals surface area contributed by atoms with Crippen LogP contribution in [0.4, 0.5) is 0 Å². The molecule has 1 amide bonds. The maximum Gasteiger partial charge on any atom is 0.217 e. The second kappa shape index (κ2) is 6.71. The van der Waals surface area contributed by atoms with Crippen molar-refractivity contribution >= 4 is 15.7 Å². The molecule has 1 atom stereocenters. The van der Waals surface area contributed by atoms with E-state index in [2.05, 4.69) is 0 Å². The summed E-state index contributed by atoms with van der Waals surface area (Å²) >= 11 is 0. The van der Waals surface area contributed by atoms with Gasteiger partial charge in [-0.15, -0.1) is 0 Å². The summed E-state index contributed by atoms with van der Waals surface area (Å²) in [5.74, 6) is -0.205. The molecule has 0 aliphatic heterocycles. The van der Waals surface area contributed by atoms with Crippen molar-refractivity contribution in [1.82, 2.24) is 0 Å². The average Bonchev–Trinajstić information content (AvgIpc) is 2.38. The monoisotopic (exact) mass is 300 g/mol. The smallest absolute Gasteiger partial charge is 0.217 e. The van der Waals surface area contributed by atoms with Gasteiger partial charge < -0.3 is 16.2 Å². The molecule has 0 saturated carbocycles. The number of ether oxygens (including phenoxy) is 1. The molecule has 4 N–H and O–H groups in total. The number of aryl methyl sites for hydroxylation is 1. The first-order chi connectivity index (χ1) is 9.28. The molecule has 0 spiro atoms. The Balaban J connectivity index is 2.98. The highest BCUT2D eigenvalue weighted by Gasteiger charge is 2.27. The maximum absolute atomic E-state index is 12.4. The lowest BCUT2D eigenvalue weighted by Crippen LogP contribution is -2.31. The van der Waals surface area contributed by atoms with E-state index in [-0.39, 0.29) is 23.5 Å². The molecule has 1 rings (SSSR count). The van der Waals surface area contributed by atoms with E-state index < -0.39 is 21.1 Å². The molecule has 0 fully saturated rings. The number of sulfone groups is 1. The number of carbonyl (C=O) groups is 1. The number of primary amides is 1. The molecule has 112 valence electrons. The van der Waals surface area contributed by atoms with Gasteiger partial charge >= 0.3 is 0 Å². The van der Waals surface area contributed by atoms with Crippen molar-refractivity contribution in [3.63, 3.8) is 0 Å². The number of hydrogen-bond donors (Lipinski definition) is 2. The summed E-state index contributed by atoms with van der Waals surface area (Å²) in [6, 6.07) is 4.89. The quantitative estimate of drug-likeness (QED) is 0.770. The molecule has 0 aliphatic carbocycles. The minimum absolute atomic E-state index is 0.0755. The van der Waals surface area contributed by atoms with Crippen LogP contribution in [-0.2, 0) is 14.6 Å². The molecule has 0 saturated heterocycles. The molecule has 7 heteroatoms. The number of amides is 1. The molecule has 0 radical (unpaired) electrons. The fourth-order valence-corrected chi connectivity index (χ4v) is 3.39. The van der Waals surface area contributed by atoms with E-state index >= 15 is 0 Å². The molecular weight excluding hydrogens is 280 g/mol. The third kappa shape index (κ3) is 3.94. The first kappa shape index (κ1) is 16.5. The summed E-state index contributed by atoms with van der Waals surface area (Å²) in [7, 11) is -2.30. The Morgan fingerprint density at radius 1 is 1.40 bits per heavy atom. The number of methoxy groups -OCH3 is 1. The van der Waals surface area contributed by atoms with Crippen LogP contribution in [0.25, 0.3) is 0 Å². The van der Waals surface area contributed by atoms with Gasteiger partial charge in [0.2, 0.25) is 5.91 Å². The summed E-state index contributed by atoms with van der Waals surface area (Å²) in [6.07, 6.45) is 0.625. The first-order valence-corrected chi connectivity index (χ1v) is 7.76. The Morgan fingerprint density at radius 2 is 2.05 bits per heavy atom. The second-order valence-electron chi connectivity index (χ2n) is 4.60. The van der Waals surface area contributed by atoms with E-state index in [9.17, 15) is 13.2 Å². The highest BCUT2D eigenvalue weighted by molar-refractivity contribution is 7.92. The van der Waals surface area contributed by atoms with E-state index in [1.807, 2.05) is 0 Å². The third-order valence-corrected chi connectivity index (χ3v) is 4.90. The molecule has 20 heavy (non-hydrogen) atoms. The van der Waals surface area contributed by atoms with Crippen LogP contribution in [0.1, 0.15) is 24.8 Å².